The van der Waals surface area contributed by atoms with Crippen LogP contribution in [0.15, 0.2) is 0 Å². The number of hydrogen-bond donors (Lipinski definition) is 3. The quantitative estimate of drug-likeness (QED) is 0.0222. The molecule has 0 aliphatic heterocycles. The highest BCUT2D eigenvalue weighted by Crippen LogP contribution is 2.45. The molecule has 0 aromatic heterocycles. The molecule has 0 aromatic carbocycles. The van der Waals surface area contributed by atoms with E-state index in [2.05, 4.69) is 41.5 Å². The maximum atomic E-state index is 13.1. The average molecular weight is 1400 g/mol. The van der Waals surface area contributed by atoms with Crippen LogP contribution in [-0.2, 0) is 65.4 Å². The third-order valence-electron chi connectivity index (χ3n) is 17.7. The maximum absolute atomic E-state index is 13.1. The van der Waals surface area contributed by atoms with E-state index in [0.717, 1.165) is 102 Å². The second-order valence-electron chi connectivity index (χ2n) is 28.3. The summed E-state index contributed by atoms with van der Waals surface area (Å²) in [4.78, 5) is 72.8. The van der Waals surface area contributed by atoms with Crippen molar-refractivity contribution < 1.29 is 80.2 Å². The summed E-state index contributed by atoms with van der Waals surface area (Å²) in [7, 11) is -9.91. The Morgan fingerprint density at radius 2 is 0.484 bits per heavy atom. The molecule has 19 heteroatoms. The zero-order valence-electron chi connectivity index (χ0n) is 62.0. The molecule has 0 fully saturated rings. The zero-order chi connectivity index (χ0) is 70.0. The molecule has 0 aromatic rings. The molecule has 564 valence electrons. The highest BCUT2D eigenvalue weighted by Gasteiger charge is 2.30. The van der Waals surface area contributed by atoms with Gasteiger partial charge in [-0.15, -0.1) is 0 Å². The van der Waals surface area contributed by atoms with E-state index < -0.39 is 97.5 Å². The molecule has 0 bridgehead atoms. The minimum Gasteiger partial charge on any atom is -0.462 e. The van der Waals surface area contributed by atoms with E-state index in [-0.39, 0.29) is 25.7 Å². The van der Waals surface area contributed by atoms with E-state index in [0.29, 0.717) is 25.7 Å². The highest BCUT2D eigenvalue weighted by atomic mass is 31.2. The van der Waals surface area contributed by atoms with Crippen LogP contribution in [0.3, 0.4) is 0 Å². The first-order chi connectivity index (χ1) is 45.9. The molecule has 95 heavy (non-hydrogen) atoms. The third kappa shape index (κ3) is 70.3. The SMILES string of the molecule is CCCCCCCCCCCCCCCCCCCCC(=O)O[C@H](COC(=O)CCCCCCCCCCCCCC(C)C)COP(=O)(O)OC[C@@H](O)COP(=O)(O)OC[C@@H](COC(=O)CCCCCCCCCCC(C)C)OC(=O)CCCCCCCCCCCCCC. The Morgan fingerprint density at radius 3 is 0.716 bits per heavy atom. The van der Waals surface area contributed by atoms with Crippen LogP contribution in [0.25, 0.3) is 0 Å². The van der Waals surface area contributed by atoms with Crippen molar-refractivity contribution in [2.24, 2.45) is 11.8 Å². The lowest BCUT2D eigenvalue weighted by Gasteiger charge is -2.21. The number of rotatable bonds is 75. The largest absolute Gasteiger partial charge is 0.472 e. The van der Waals surface area contributed by atoms with Gasteiger partial charge < -0.3 is 33.8 Å². The molecule has 0 spiro atoms. The van der Waals surface area contributed by atoms with Gasteiger partial charge in [-0.1, -0.05) is 343 Å². The van der Waals surface area contributed by atoms with Crippen molar-refractivity contribution in [3.63, 3.8) is 0 Å². The number of hydrogen-bond acceptors (Lipinski definition) is 15. The van der Waals surface area contributed by atoms with E-state index in [1.807, 2.05) is 0 Å². The summed E-state index contributed by atoms with van der Waals surface area (Å²) < 4.78 is 68.5. The molecule has 0 amide bonds. The fraction of sp³-hybridized carbons (Fsp3) is 0.947. The molecule has 0 aliphatic rings. The number of carbonyl (C=O) groups is 4. The van der Waals surface area contributed by atoms with Crippen molar-refractivity contribution in [1.82, 2.24) is 0 Å². The predicted octanol–water partition coefficient (Wildman–Crippen LogP) is 22.3. The Balaban J connectivity index is 5.24. The van der Waals surface area contributed by atoms with Crippen LogP contribution in [0.2, 0.25) is 0 Å². The molecule has 0 saturated carbocycles. The van der Waals surface area contributed by atoms with Crippen LogP contribution in [0, 0.1) is 11.8 Å². The Bertz CT molecular complexity index is 1840. The van der Waals surface area contributed by atoms with Crippen molar-refractivity contribution in [3.05, 3.63) is 0 Å². The first kappa shape index (κ1) is 93.1. The van der Waals surface area contributed by atoms with Gasteiger partial charge in [0, 0.05) is 25.7 Å². The Kier molecular flexibility index (Phi) is 66.5. The molecule has 0 aliphatic carbocycles. The monoisotopic (exact) mass is 1400 g/mol. The predicted molar refractivity (Wildman–Crippen MR) is 386 cm³/mol. The molecule has 5 atom stereocenters. The van der Waals surface area contributed by atoms with E-state index in [9.17, 15) is 43.2 Å². The minimum absolute atomic E-state index is 0.107. The second-order valence-corrected chi connectivity index (χ2v) is 31.3. The summed E-state index contributed by atoms with van der Waals surface area (Å²) in [6.07, 6.45) is 55.4. The van der Waals surface area contributed by atoms with Gasteiger partial charge in [0.15, 0.2) is 12.2 Å². The summed E-state index contributed by atoms with van der Waals surface area (Å²) in [5.41, 5.74) is 0. The number of aliphatic hydroxyl groups is 1. The van der Waals surface area contributed by atoms with E-state index in [4.69, 9.17) is 37.0 Å². The van der Waals surface area contributed by atoms with Gasteiger partial charge in [0.1, 0.15) is 19.3 Å². The molecule has 17 nitrogen and oxygen atoms in total. The van der Waals surface area contributed by atoms with Gasteiger partial charge >= 0.3 is 39.5 Å². The molecular formula is C76H148O17P2. The standard InChI is InChI=1S/C76H148O17P2/c1-7-9-11-13-15-17-19-21-22-23-24-25-26-30-35-43-49-55-61-76(81)92-71(64-86-73(78)58-52-46-40-33-31-27-28-32-38-44-50-56-68(3)4)66-90-94(82,83)88-62-70(77)63-89-95(84,85)91-67-72(65-87-74(79)59-53-47-41-37-36-39-45-51-57-69(5)6)93-75(80)60-54-48-42-34-29-20-18-16-14-12-10-8-2/h68-72,77H,7-67H2,1-6H3,(H,82,83)(H,84,85)/t70-,71-,72-/m1/s1. The van der Waals surface area contributed by atoms with Crippen molar-refractivity contribution in [2.45, 2.75) is 413 Å². The van der Waals surface area contributed by atoms with Crippen LogP contribution < -0.4 is 0 Å². The lowest BCUT2D eigenvalue weighted by atomic mass is 10.0. The highest BCUT2D eigenvalue weighted by molar-refractivity contribution is 7.47. The fourth-order valence-electron chi connectivity index (χ4n) is 11.7. The zero-order valence-corrected chi connectivity index (χ0v) is 63.8. The summed E-state index contributed by atoms with van der Waals surface area (Å²) in [5, 5.41) is 10.6. The normalized spacial score (nSPS) is 14.0. The van der Waals surface area contributed by atoms with Crippen molar-refractivity contribution >= 4 is 39.5 Å². The van der Waals surface area contributed by atoms with Gasteiger partial charge in [0.05, 0.1) is 26.4 Å². The van der Waals surface area contributed by atoms with Gasteiger partial charge in [-0.05, 0) is 37.5 Å². The van der Waals surface area contributed by atoms with Crippen molar-refractivity contribution in [3.8, 4) is 0 Å². The number of carbonyl (C=O) groups excluding carboxylic acids is 4. The lowest BCUT2D eigenvalue weighted by molar-refractivity contribution is -0.161. The minimum atomic E-state index is -4.96. The van der Waals surface area contributed by atoms with Gasteiger partial charge in [0.25, 0.3) is 0 Å². The summed E-state index contributed by atoms with van der Waals surface area (Å²) in [6, 6.07) is 0. The number of ether oxygens (including phenoxy) is 4. The molecule has 0 heterocycles. The molecule has 2 unspecified atom stereocenters. The van der Waals surface area contributed by atoms with Gasteiger partial charge in [-0.3, -0.25) is 37.3 Å². The Labute approximate surface area is 581 Å². The van der Waals surface area contributed by atoms with Crippen molar-refractivity contribution in [2.75, 3.05) is 39.6 Å². The summed E-state index contributed by atoms with van der Waals surface area (Å²) in [6.45, 7) is 9.57. The second kappa shape index (κ2) is 67.9. The van der Waals surface area contributed by atoms with E-state index >= 15 is 0 Å². The average Bonchev–Trinajstić information content (AvgIpc) is 1.65. The van der Waals surface area contributed by atoms with Crippen LogP contribution in [-0.4, -0.2) is 96.7 Å². The summed E-state index contributed by atoms with van der Waals surface area (Å²) in [5.74, 6) is -0.617. The van der Waals surface area contributed by atoms with Crippen molar-refractivity contribution in [1.29, 1.82) is 0 Å². The number of aliphatic hydroxyl groups excluding tert-OH is 1. The molecule has 0 saturated heterocycles. The van der Waals surface area contributed by atoms with Crippen LogP contribution in [0.5, 0.6) is 0 Å². The Morgan fingerprint density at radius 1 is 0.284 bits per heavy atom. The molecule has 0 rings (SSSR count). The number of unbranched alkanes of at least 4 members (excludes halogenated alkanes) is 45. The number of esters is 4. The Hall–Kier alpha value is -1.94. The van der Waals surface area contributed by atoms with E-state index in [1.165, 1.54) is 212 Å². The van der Waals surface area contributed by atoms with Crippen LogP contribution >= 0.6 is 15.6 Å². The van der Waals surface area contributed by atoms with Gasteiger partial charge in [0.2, 0.25) is 0 Å². The molecule has 0 radical (unpaired) electrons. The van der Waals surface area contributed by atoms with Crippen LogP contribution in [0.4, 0.5) is 0 Å². The first-order valence-corrected chi connectivity index (χ1v) is 42.5. The maximum Gasteiger partial charge on any atom is 0.472 e. The van der Waals surface area contributed by atoms with Gasteiger partial charge in [-0.25, -0.2) is 9.13 Å². The summed E-state index contributed by atoms with van der Waals surface area (Å²) >= 11 is 0. The smallest absolute Gasteiger partial charge is 0.462 e. The topological polar surface area (TPSA) is 237 Å². The van der Waals surface area contributed by atoms with E-state index in [1.54, 1.807) is 0 Å². The lowest BCUT2D eigenvalue weighted by Crippen LogP contribution is -2.30. The molecular weight excluding hydrogens is 1250 g/mol. The molecule has 3 N–H and O–H groups in total. The number of phosphoric ester groups is 2. The first-order valence-electron chi connectivity index (χ1n) is 39.5. The number of phosphoric acid groups is 2. The fourth-order valence-corrected chi connectivity index (χ4v) is 13.2. The third-order valence-corrected chi connectivity index (χ3v) is 19.6. The van der Waals surface area contributed by atoms with Gasteiger partial charge in [-0.2, -0.15) is 0 Å². The van der Waals surface area contributed by atoms with Crippen LogP contribution in [0.1, 0.15) is 395 Å².